The lowest BCUT2D eigenvalue weighted by molar-refractivity contribution is -0.137. The maximum absolute atomic E-state index is 12.2. The molecule has 8 nitrogen and oxygen atoms in total. The molecule has 2 heterocycles. The first-order chi connectivity index (χ1) is 13.7. The van der Waals surface area contributed by atoms with Crippen LogP contribution in [0.1, 0.15) is 15.2 Å². The third kappa shape index (κ3) is 5.30. The van der Waals surface area contributed by atoms with Crippen LogP contribution < -0.4 is 14.9 Å². The van der Waals surface area contributed by atoms with Crippen molar-refractivity contribution >= 4 is 29.4 Å². The largest absolute Gasteiger partial charge is 0.493 e. The molecule has 0 bridgehead atoms. The van der Waals surface area contributed by atoms with Crippen LogP contribution in [0.2, 0.25) is 0 Å². The van der Waals surface area contributed by atoms with Gasteiger partial charge in [-0.1, -0.05) is 6.07 Å². The van der Waals surface area contributed by atoms with E-state index >= 15 is 0 Å². The highest BCUT2D eigenvalue weighted by Crippen LogP contribution is 2.27. The number of carbonyl (C=O) groups is 2. The smallest absolute Gasteiger partial charge is 0.281 e. The summed E-state index contributed by atoms with van der Waals surface area (Å²) < 4.78 is 16.2. The van der Waals surface area contributed by atoms with Gasteiger partial charge in [0, 0.05) is 13.1 Å². The number of nitrogens with zero attached hydrogens (tertiary/aromatic N) is 2. The van der Waals surface area contributed by atoms with Gasteiger partial charge in [-0.05, 0) is 35.2 Å². The fourth-order valence-electron chi connectivity index (χ4n) is 2.56. The first-order valence-electron chi connectivity index (χ1n) is 8.70. The molecule has 28 heavy (non-hydrogen) atoms. The number of nitrogens with one attached hydrogen (secondary N) is 1. The number of benzene rings is 1. The Morgan fingerprint density at radius 3 is 2.82 bits per heavy atom. The second-order valence-electron chi connectivity index (χ2n) is 5.87. The molecule has 1 aromatic carbocycles. The van der Waals surface area contributed by atoms with Gasteiger partial charge in [0.1, 0.15) is 0 Å². The van der Waals surface area contributed by atoms with Gasteiger partial charge in [-0.2, -0.15) is 5.10 Å². The summed E-state index contributed by atoms with van der Waals surface area (Å²) in [6.45, 7) is 2.18. The summed E-state index contributed by atoms with van der Waals surface area (Å²) in [4.78, 5) is 26.3. The predicted molar refractivity (Wildman–Crippen MR) is 105 cm³/mol. The van der Waals surface area contributed by atoms with Crippen molar-refractivity contribution in [1.29, 1.82) is 0 Å². The van der Waals surface area contributed by atoms with Crippen molar-refractivity contribution in [3.05, 3.63) is 46.2 Å². The summed E-state index contributed by atoms with van der Waals surface area (Å²) in [5.41, 5.74) is 3.19. The van der Waals surface area contributed by atoms with Crippen molar-refractivity contribution in [1.82, 2.24) is 10.3 Å². The van der Waals surface area contributed by atoms with E-state index < -0.39 is 0 Å². The van der Waals surface area contributed by atoms with Crippen LogP contribution in [0.5, 0.6) is 11.5 Å². The Labute approximate surface area is 166 Å². The lowest BCUT2D eigenvalue weighted by Gasteiger charge is -2.26. The van der Waals surface area contributed by atoms with Crippen LogP contribution in [0.15, 0.2) is 40.8 Å². The minimum atomic E-state index is -0.264. The Kier molecular flexibility index (Phi) is 6.99. The van der Waals surface area contributed by atoms with Gasteiger partial charge in [-0.3, -0.25) is 9.59 Å². The minimum Gasteiger partial charge on any atom is -0.493 e. The summed E-state index contributed by atoms with van der Waals surface area (Å²) in [6, 6.07) is 8.71. The highest BCUT2D eigenvalue weighted by molar-refractivity contribution is 7.12. The molecule has 0 spiro atoms. The molecule has 0 unspecified atom stereocenters. The van der Waals surface area contributed by atoms with Gasteiger partial charge < -0.3 is 19.1 Å². The van der Waals surface area contributed by atoms with Crippen LogP contribution in [-0.2, 0) is 9.53 Å². The fraction of sp³-hybridized carbons (Fsp3) is 0.316. The average Bonchev–Trinajstić information content (AvgIpc) is 3.28. The number of rotatable bonds is 7. The van der Waals surface area contributed by atoms with E-state index in [1.54, 1.807) is 35.2 Å². The zero-order valence-corrected chi connectivity index (χ0v) is 16.2. The Hall–Kier alpha value is -2.91. The van der Waals surface area contributed by atoms with E-state index in [4.69, 9.17) is 14.2 Å². The van der Waals surface area contributed by atoms with E-state index in [9.17, 15) is 9.59 Å². The van der Waals surface area contributed by atoms with Crippen molar-refractivity contribution in [3.8, 4) is 11.5 Å². The molecule has 1 aromatic heterocycles. The maximum atomic E-state index is 12.2. The average molecular weight is 403 g/mol. The summed E-state index contributed by atoms with van der Waals surface area (Å²) in [7, 11) is 1.52. The second-order valence-corrected chi connectivity index (χ2v) is 6.82. The first kappa shape index (κ1) is 19.8. The molecule has 1 fully saturated rings. The summed E-state index contributed by atoms with van der Waals surface area (Å²) in [5, 5.41) is 5.78. The van der Waals surface area contributed by atoms with Gasteiger partial charge in [0.25, 0.3) is 11.8 Å². The number of carbonyl (C=O) groups excluding carboxylic acids is 2. The van der Waals surface area contributed by atoms with E-state index in [0.29, 0.717) is 42.7 Å². The highest BCUT2D eigenvalue weighted by atomic mass is 32.1. The number of ether oxygens (including phenoxy) is 3. The topological polar surface area (TPSA) is 89.5 Å². The number of hydrazone groups is 1. The lowest BCUT2D eigenvalue weighted by atomic mass is 10.2. The van der Waals surface area contributed by atoms with Gasteiger partial charge >= 0.3 is 0 Å². The molecule has 2 amide bonds. The van der Waals surface area contributed by atoms with E-state index in [1.807, 2.05) is 5.38 Å². The van der Waals surface area contributed by atoms with Crippen LogP contribution in [0.4, 0.5) is 0 Å². The van der Waals surface area contributed by atoms with Crippen molar-refractivity contribution in [2.75, 3.05) is 40.0 Å². The number of morpholine rings is 1. The van der Waals surface area contributed by atoms with E-state index in [1.165, 1.54) is 24.7 Å². The lowest BCUT2D eigenvalue weighted by Crippen LogP contribution is -2.43. The van der Waals surface area contributed by atoms with Gasteiger partial charge in [0.2, 0.25) is 0 Å². The molecular formula is C19H21N3O5S. The predicted octanol–water partition coefficient (Wildman–Crippen LogP) is 1.76. The molecule has 9 heteroatoms. The third-order valence-corrected chi connectivity index (χ3v) is 4.90. The summed E-state index contributed by atoms with van der Waals surface area (Å²) >= 11 is 1.34. The third-order valence-electron chi connectivity index (χ3n) is 4.03. The van der Waals surface area contributed by atoms with Crippen molar-refractivity contribution < 1.29 is 23.8 Å². The van der Waals surface area contributed by atoms with Crippen molar-refractivity contribution in [3.63, 3.8) is 0 Å². The molecule has 1 aliphatic heterocycles. The standard InChI is InChI=1S/C19H21N3O5S/c1-25-16-11-14(12-20-21-19(24)17-3-2-10-28-17)4-5-15(16)27-13-18(23)22-6-8-26-9-7-22/h2-5,10-12H,6-9,13H2,1H3,(H,21,24)/b20-12-. The molecular weight excluding hydrogens is 382 g/mol. The Morgan fingerprint density at radius 1 is 1.29 bits per heavy atom. The van der Waals surface area contributed by atoms with E-state index in [-0.39, 0.29) is 18.4 Å². The number of methoxy groups -OCH3 is 1. The Balaban J connectivity index is 1.56. The molecule has 0 atom stereocenters. The van der Waals surface area contributed by atoms with Gasteiger partial charge in [0.05, 0.1) is 31.4 Å². The minimum absolute atomic E-state index is 0.0688. The Bertz CT molecular complexity index is 832. The molecule has 1 aliphatic rings. The molecule has 0 saturated carbocycles. The normalized spacial score (nSPS) is 14.1. The molecule has 148 valence electrons. The van der Waals surface area contributed by atoms with Crippen LogP contribution in [0.3, 0.4) is 0 Å². The number of hydrogen-bond acceptors (Lipinski definition) is 7. The zero-order valence-electron chi connectivity index (χ0n) is 15.4. The summed E-state index contributed by atoms with van der Waals surface area (Å²) in [5.74, 6) is 0.583. The van der Waals surface area contributed by atoms with E-state index in [2.05, 4.69) is 10.5 Å². The number of amides is 2. The molecule has 0 aliphatic carbocycles. The number of hydrogen-bond donors (Lipinski definition) is 1. The molecule has 1 N–H and O–H groups in total. The van der Waals surface area contributed by atoms with Crippen LogP contribution in [0.25, 0.3) is 0 Å². The van der Waals surface area contributed by atoms with Crippen molar-refractivity contribution in [2.45, 2.75) is 0 Å². The molecule has 1 saturated heterocycles. The maximum Gasteiger partial charge on any atom is 0.281 e. The second kappa shape index (κ2) is 9.86. The first-order valence-corrected chi connectivity index (χ1v) is 9.58. The molecule has 3 rings (SSSR count). The monoisotopic (exact) mass is 403 g/mol. The fourth-order valence-corrected chi connectivity index (χ4v) is 3.17. The van der Waals surface area contributed by atoms with Gasteiger partial charge in [0.15, 0.2) is 18.1 Å². The van der Waals surface area contributed by atoms with Gasteiger partial charge in [-0.15, -0.1) is 11.3 Å². The van der Waals surface area contributed by atoms with Crippen molar-refractivity contribution in [2.24, 2.45) is 5.10 Å². The Morgan fingerprint density at radius 2 is 2.11 bits per heavy atom. The van der Waals surface area contributed by atoms with Gasteiger partial charge in [-0.25, -0.2) is 5.43 Å². The molecule has 2 aromatic rings. The summed E-state index contributed by atoms with van der Waals surface area (Å²) in [6.07, 6.45) is 1.51. The molecule has 0 radical (unpaired) electrons. The van der Waals surface area contributed by atoms with Crippen LogP contribution >= 0.6 is 11.3 Å². The number of thiophene rings is 1. The quantitative estimate of drug-likeness (QED) is 0.562. The SMILES string of the molecule is COc1cc(/C=N\NC(=O)c2cccs2)ccc1OCC(=O)N1CCOCC1. The highest BCUT2D eigenvalue weighted by Gasteiger charge is 2.18. The van der Waals surface area contributed by atoms with Crippen LogP contribution in [0, 0.1) is 0 Å². The van der Waals surface area contributed by atoms with Crippen LogP contribution in [-0.4, -0.2) is 62.9 Å². The van der Waals surface area contributed by atoms with E-state index in [0.717, 1.165) is 5.56 Å². The zero-order chi connectivity index (χ0) is 19.8.